The molecule has 0 aliphatic heterocycles. The zero-order valence-electron chi connectivity index (χ0n) is 7.87. The maximum Gasteiger partial charge on any atom is 0.224 e. The van der Waals surface area contributed by atoms with E-state index in [1.54, 1.807) is 0 Å². The Kier molecular flexibility index (Phi) is 2.61. The molecule has 1 heterocycles. The van der Waals surface area contributed by atoms with Crippen molar-refractivity contribution in [2.45, 2.75) is 0 Å². The van der Waals surface area contributed by atoms with Gasteiger partial charge in [0.25, 0.3) is 0 Å². The monoisotopic (exact) mass is 240 g/mol. The highest BCUT2D eigenvalue weighted by atomic mass is 32.1. The van der Waals surface area contributed by atoms with Crippen LogP contribution in [0, 0.1) is 16.4 Å². The van der Waals surface area contributed by atoms with Gasteiger partial charge in [-0.05, 0) is 24.4 Å². The first-order chi connectivity index (χ1) is 7.58. The molecule has 3 N–H and O–H groups in total. The number of halogens is 2. The molecule has 0 fully saturated rings. The number of H-pyrrole nitrogens is 1. The number of nitrogens with two attached hydrogens (primary N) is 1. The number of anilines is 1. The molecule has 0 saturated heterocycles. The third-order valence-electron chi connectivity index (χ3n) is 1.87. The molecule has 0 amide bonds. The molecular formula is C9H6F2N4S. The van der Waals surface area contributed by atoms with Crippen LogP contribution in [0.2, 0.25) is 0 Å². The van der Waals surface area contributed by atoms with Crippen molar-refractivity contribution in [3.05, 3.63) is 34.6 Å². The minimum atomic E-state index is -0.747. The topological polar surface area (TPSA) is 67.6 Å². The summed E-state index contributed by atoms with van der Waals surface area (Å²) >= 11 is 4.71. The highest BCUT2D eigenvalue weighted by molar-refractivity contribution is 7.71. The van der Waals surface area contributed by atoms with E-state index in [9.17, 15) is 8.78 Å². The summed E-state index contributed by atoms with van der Waals surface area (Å²) < 4.78 is 26.7. The number of aromatic amines is 1. The van der Waals surface area contributed by atoms with Gasteiger partial charge in [-0.3, -0.25) is 0 Å². The standard InChI is InChI=1S/C9H6F2N4S/c10-4-2-1-3-5(11)6(4)7-13-8(12)15-9(16)14-7/h1-3H,(H3,12,13,14,15,16). The molecule has 4 nitrogen and oxygen atoms in total. The number of nitrogens with one attached hydrogen (secondary N) is 1. The number of hydrogen-bond acceptors (Lipinski definition) is 4. The number of rotatable bonds is 1. The third kappa shape index (κ3) is 1.89. The number of nitrogen functional groups attached to an aromatic ring is 1. The van der Waals surface area contributed by atoms with Crippen molar-refractivity contribution in [2.24, 2.45) is 0 Å². The van der Waals surface area contributed by atoms with E-state index in [-0.39, 0.29) is 22.1 Å². The second kappa shape index (κ2) is 3.93. The van der Waals surface area contributed by atoms with Gasteiger partial charge >= 0.3 is 0 Å². The number of nitrogens with zero attached hydrogens (tertiary/aromatic N) is 2. The molecule has 0 radical (unpaired) electrons. The third-order valence-corrected chi connectivity index (χ3v) is 2.05. The van der Waals surface area contributed by atoms with Crippen molar-refractivity contribution in [3.63, 3.8) is 0 Å². The molecule has 2 rings (SSSR count). The quantitative estimate of drug-likeness (QED) is 0.749. The van der Waals surface area contributed by atoms with Crippen molar-refractivity contribution in [1.82, 2.24) is 15.0 Å². The first-order valence-corrected chi connectivity index (χ1v) is 4.67. The predicted molar refractivity (Wildman–Crippen MR) is 57.0 cm³/mol. The smallest absolute Gasteiger partial charge is 0.224 e. The Morgan fingerprint density at radius 2 is 1.81 bits per heavy atom. The highest BCUT2D eigenvalue weighted by Gasteiger charge is 2.13. The lowest BCUT2D eigenvalue weighted by Gasteiger charge is -2.04. The summed E-state index contributed by atoms with van der Waals surface area (Å²) in [6.07, 6.45) is 0. The van der Waals surface area contributed by atoms with Gasteiger partial charge in [0.2, 0.25) is 10.7 Å². The van der Waals surface area contributed by atoms with Crippen LogP contribution in [0.4, 0.5) is 14.7 Å². The van der Waals surface area contributed by atoms with Crippen LogP contribution in [-0.4, -0.2) is 15.0 Å². The van der Waals surface area contributed by atoms with Crippen LogP contribution in [0.15, 0.2) is 18.2 Å². The van der Waals surface area contributed by atoms with Gasteiger partial charge in [0.1, 0.15) is 17.5 Å². The van der Waals surface area contributed by atoms with E-state index in [1.165, 1.54) is 6.07 Å². The fraction of sp³-hybridized carbons (Fsp3) is 0. The van der Waals surface area contributed by atoms with E-state index in [0.29, 0.717) is 0 Å². The van der Waals surface area contributed by atoms with Gasteiger partial charge in [-0.15, -0.1) is 0 Å². The zero-order chi connectivity index (χ0) is 11.7. The van der Waals surface area contributed by atoms with Crippen LogP contribution in [0.3, 0.4) is 0 Å². The molecule has 0 bridgehead atoms. The largest absolute Gasteiger partial charge is 0.369 e. The molecule has 0 unspecified atom stereocenters. The number of benzene rings is 1. The van der Waals surface area contributed by atoms with Crippen LogP contribution in [0.5, 0.6) is 0 Å². The normalized spacial score (nSPS) is 10.4. The van der Waals surface area contributed by atoms with Gasteiger partial charge in [-0.2, -0.15) is 4.98 Å². The summed E-state index contributed by atoms with van der Waals surface area (Å²) in [4.78, 5) is 9.77. The zero-order valence-corrected chi connectivity index (χ0v) is 8.68. The van der Waals surface area contributed by atoms with Crippen molar-refractivity contribution >= 4 is 18.2 Å². The van der Waals surface area contributed by atoms with Crippen molar-refractivity contribution in [1.29, 1.82) is 0 Å². The van der Waals surface area contributed by atoms with Crippen LogP contribution in [-0.2, 0) is 0 Å². The Labute approximate surface area is 94.2 Å². The summed E-state index contributed by atoms with van der Waals surface area (Å²) in [6, 6.07) is 3.49. The SMILES string of the molecule is Nc1nc(=S)nc(-c2c(F)cccc2F)[nH]1. The molecule has 0 aliphatic rings. The molecule has 82 valence electrons. The summed E-state index contributed by atoms with van der Waals surface area (Å²) in [5.74, 6) is -1.61. The van der Waals surface area contributed by atoms with Crippen LogP contribution in [0.1, 0.15) is 0 Å². The Bertz CT molecular complexity index is 576. The first-order valence-electron chi connectivity index (χ1n) is 4.26. The second-order valence-corrected chi connectivity index (χ2v) is 3.33. The molecule has 0 spiro atoms. The van der Waals surface area contributed by atoms with E-state index in [0.717, 1.165) is 12.1 Å². The van der Waals surface area contributed by atoms with Crippen LogP contribution >= 0.6 is 12.2 Å². The van der Waals surface area contributed by atoms with Crippen molar-refractivity contribution < 1.29 is 8.78 Å². The van der Waals surface area contributed by atoms with E-state index in [4.69, 9.17) is 18.0 Å². The average molecular weight is 240 g/mol. The van der Waals surface area contributed by atoms with Gasteiger partial charge in [-0.1, -0.05) is 6.07 Å². The fourth-order valence-corrected chi connectivity index (χ4v) is 1.43. The maximum atomic E-state index is 13.4. The molecule has 16 heavy (non-hydrogen) atoms. The van der Waals surface area contributed by atoms with Gasteiger partial charge in [0.15, 0.2) is 0 Å². The van der Waals surface area contributed by atoms with Crippen molar-refractivity contribution in [2.75, 3.05) is 5.73 Å². The molecule has 7 heteroatoms. The van der Waals surface area contributed by atoms with Crippen LogP contribution < -0.4 is 5.73 Å². The van der Waals surface area contributed by atoms with Gasteiger partial charge in [0, 0.05) is 0 Å². The number of hydrogen-bond donors (Lipinski definition) is 2. The molecule has 1 aromatic heterocycles. The Morgan fingerprint density at radius 3 is 2.38 bits per heavy atom. The fourth-order valence-electron chi connectivity index (χ4n) is 1.24. The lowest BCUT2D eigenvalue weighted by Crippen LogP contribution is -2.02. The van der Waals surface area contributed by atoms with Gasteiger partial charge in [-0.25, -0.2) is 13.8 Å². The van der Waals surface area contributed by atoms with E-state index in [2.05, 4.69) is 15.0 Å². The predicted octanol–water partition coefficient (Wildman–Crippen LogP) is 2.06. The molecular weight excluding hydrogens is 234 g/mol. The summed E-state index contributed by atoms with van der Waals surface area (Å²) in [7, 11) is 0. The Balaban J connectivity index is 2.72. The summed E-state index contributed by atoms with van der Waals surface area (Å²) in [5.41, 5.74) is 5.08. The Hall–Kier alpha value is -1.89. The van der Waals surface area contributed by atoms with Gasteiger partial charge < -0.3 is 10.7 Å². The van der Waals surface area contributed by atoms with Gasteiger partial charge in [0.05, 0.1) is 5.56 Å². The molecule has 0 aliphatic carbocycles. The highest BCUT2D eigenvalue weighted by Crippen LogP contribution is 2.22. The molecule has 1 aromatic carbocycles. The maximum absolute atomic E-state index is 13.4. The average Bonchev–Trinajstić information content (AvgIpc) is 2.15. The lowest BCUT2D eigenvalue weighted by atomic mass is 10.2. The van der Waals surface area contributed by atoms with E-state index < -0.39 is 11.6 Å². The molecule has 0 atom stereocenters. The summed E-state index contributed by atoms with van der Waals surface area (Å²) in [5, 5.41) is 0. The second-order valence-electron chi connectivity index (χ2n) is 2.96. The molecule has 2 aromatic rings. The van der Waals surface area contributed by atoms with Crippen LogP contribution in [0.25, 0.3) is 11.4 Å². The first kappa shape index (κ1) is 10.6. The minimum Gasteiger partial charge on any atom is -0.369 e. The Morgan fingerprint density at radius 1 is 1.19 bits per heavy atom. The summed E-state index contributed by atoms with van der Waals surface area (Å²) in [6.45, 7) is 0. The molecule has 0 saturated carbocycles. The van der Waals surface area contributed by atoms with Crippen molar-refractivity contribution in [3.8, 4) is 11.4 Å². The number of aromatic nitrogens is 3. The van der Waals surface area contributed by atoms with E-state index in [1.807, 2.05) is 0 Å². The van der Waals surface area contributed by atoms with E-state index >= 15 is 0 Å². The minimum absolute atomic E-state index is 0.0438. The lowest BCUT2D eigenvalue weighted by molar-refractivity contribution is 0.587.